The maximum Gasteiger partial charge on any atom is 0.251 e. The van der Waals surface area contributed by atoms with E-state index in [0.29, 0.717) is 24.1 Å². The predicted molar refractivity (Wildman–Crippen MR) is 145 cm³/mol. The van der Waals surface area contributed by atoms with Crippen molar-refractivity contribution in [2.45, 2.75) is 63.8 Å². The molecule has 1 N–H and O–H groups in total. The van der Waals surface area contributed by atoms with Crippen LogP contribution in [0.1, 0.15) is 68.3 Å². The minimum atomic E-state index is -0.531. The quantitative estimate of drug-likeness (QED) is 0.627. The highest BCUT2D eigenvalue weighted by Crippen LogP contribution is 2.60. The van der Waals surface area contributed by atoms with Crippen LogP contribution in [0.3, 0.4) is 0 Å². The maximum absolute atomic E-state index is 13.4. The standard InChI is InChI=1S/C31H40N4O2/c1-21(2)28(30(37)35-13-11-34(12-14-35)27-5-3-4-10-32-27)33-29(36)25-6-8-26(9-7-25)31-18-22-15-23(19-31)17-24(16-22)20-31/h3-10,21-24,28H,11-20H2,1-2H3,(H,33,36). The molecule has 6 nitrogen and oxygen atoms in total. The topological polar surface area (TPSA) is 65.5 Å². The minimum absolute atomic E-state index is 0.00853. The van der Waals surface area contributed by atoms with Crippen molar-refractivity contribution in [1.82, 2.24) is 15.2 Å². The third-order valence-corrected chi connectivity index (χ3v) is 9.58. The van der Waals surface area contributed by atoms with E-state index in [0.717, 1.165) is 36.7 Å². The van der Waals surface area contributed by atoms with Gasteiger partial charge in [-0.05, 0) is 97.4 Å². The molecule has 1 aliphatic heterocycles. The van der Waals surface area contributed by atoms with Crippen molar-refractivity contribution in [3.05, 3.63) is 59.8 Å². The van der Waals surface area contributed by atoms with Crippen molar-refractivity contribution in [3.63, 3.8) is 0 Å². The van der Waals surface area contributed by atoms with Gasteiger partial charge < -0.3 is 15.1 Å². The Labute approximate surface area is 220 Å². The maximum atomic E-state index is 13.4. The smallest absolute Gasteiger partial charge is 0.251 e. The molecule has 4 saturated carbocycles. The number of hydrogen-bond donors (Lipinski definition) is 1. The SMILES string of the molecule is CC(C)C(NC(=O)c1ccc(C23CC4CC(CC(C4)C2)C3)cc1)C(=O)N1CCN(c2ccccn2)CC1. The van der Waals surface area contributed by atoms with Crippen molar-refractivity contribution in [2.75, 3.05) is 31.1 Å². The Balaban J connectivity index is 1.09. The number of aromatic nitrogens is 1. The number of nitrogens with zero attached hydrogens (tertiary/aromatic N) is 3. The Hall–Kier alpha value is -2.89. The number of hydrogen-bond acceptors (Lipinski definition) is 4. The first-order chi connectivity index (χ1) is 17.9. The molecular weight excluding hydrogens is 460 g/mol. The Kier molecular flexibility index (Phi) is 6.46. The molecule has 0 spiro atoms. The van der Waals surface area contributed by atoms with Crippen molar-refractivity contribution >= 4 is 17.6 Å². The number of piperazine rings is 1. The van der Waals surface area contributed by atoms with Crippen LogP contribution in [0.15, 0.2) is 48.7 Å². The highest BCUT2D eigenvalue weighted by Gasteiger charge is 2.51. The molecule has 1 aromatic carbocycles. The molecule has 1 atom stereocenters. The van der Waals surface area contributed by atoms with E-state index < -0.39 is 6.04 Å². The monoisotopic (exact) mass is 500 g/mol. The summed E-state index contributed by atoms with van der Waals surface area (Å²) in [6, 6.07) is 13.7. The molecule has 37 heavy (non-hydrogen) atoms. The number of benzene rings is 1. The van der Waals surface area contributed by atoms with Gasteiger partial charge in [0.2, 0.25) is 5.91 Å². The first-order valence-electron chi connectivity index (χ1n) is 14.3. The van der Waals surface area contributed by atoms with Crippen LogP contribution >= 0.6 is 0 Å². The molecule has 2 aromatic rings. The van der Waals surface area contributed by atoms with Gasteiger partial charge in [0.1, 0.15) is 11.9 Å². The molecule has 1 saturated heterocycles. The molecule has 4 bridgehead atoms. The second-order valence-electron chi connectivity index (χ2n) is 12.5. The molecule has 2 heterocycles. The van der Waals surface area contributed by atoms with E-state index in [9.17, 15) is 9.59 Å². The van der Waals surface area contributed by atoms with Gasteiger partial charge in [-0.1, -0.05) is 32.0 Å². The third kappa shape index (κ3) is 4.75. The molecule has 6 heteroatoms. The van der Waals surface area contributed by atoms with Gasteiger partial charge in [-0.3, -0.25) is 9.59 Å². The van der Waals surface area contributed by atoms with Gasteiger partial charge in [0.05, 0.1) is 0 Å². The van der Waals surface area contributed by atoms with Crippen LogP contribution in [0.4, 0.5) is 5.82 Å². The summed E-state index contributed by atoms with van der Waals surface area (Å²) in [7, 11) is 0. The highest BCUT2D eigenvalue weighted by atomic mass is 16.2. The van der Waals surface area contributed by atoms with Gasteiger partial charge in [0.25, 0.3) is 5.91 Å². The van der Waals surface area contributed by atoms with Gasteiger partial charge in [0, 0.05) is 37.9 Å². The van der Waals surface area contributed by atoms with E-state index in [2.05, 4.69) is 27.3 Å². The lowest BCUT2D eigenvalue weighted by Crippen LogP contribution is -2.56. The van der Waals surface area contributed by atoms with E-state index in [1.165, 1.54) is 44.1 Å². The fourth-order valence-electron chi connectivity index (χ4n) is 8.07. The number of anilines is 1. The molecule has 196 valence electrons. The Morgan fingerprint density at radius 3 is 2.05 bits per heavy atom. The summed E-state index contributed by atoms with van der Waals surface area (Å²) in [5.41, 5.74) is 2.40. The van der Waals surface area contributed by atoms with Crippen molar-refractivity contribution in [2.24, 2.45) is 23.7 Å². The zero-order chi connectivity index (χ0) is 25.6. The lowest BCUT2D eigenvalue weighted by Gasteiger charge is -2.57. The van der Waals surface area contributed by atoms with E-state index in [1.54, 1.807) is 6.20 Å². The Morgan fingerprint density at radius 2 is 1.51 bits per heavy atom. The van der Waals surface area contributed by atoms with Gasteiger partial charge in [-0.2, -0.15) is 0 Å². The number of carbonyl (C=O) groups is 2. The van der Waals surface area contributed by atoms with Crippen molar-refractivity contribution in [1.29, 1.82) is 0 Å². The largest absolute Gasteiger partial charge is 0.353 e. The zero-order valence-corrected chi connectivity index (χ0v) is 22.2. The van der Waals surface area contributed by atoms with Crippen LogP contribution in [0.5, 0.6) is 0 Å². The highest BCUT2D eigenvalue weighted by molar-refractivity contribution is 5.97. The summed E-state index contributed by atoms with van der Waals surface area (Å²) in [5.74, 6) is 3.51. The number of pyridine rings is 1. The summed E-state index contributed by atoms with van der Waals surface area (Å²) in [4.78, 5) is 35.2. The molecular formula is C31H40N4O2. The second kappa shape index (κ2) is 9.77. The summed E-state index contributed by atoms with van der Waals surface area (Å²) in [5, 5.41) is 3.07. The lowest BCUT2D eigenvalue weighted by atomic mass is 9.48. The van der Waals surface area contributed by atoms with Crippen LogP contribution in [0, 0.1) is 23.7 Å². The molecule has 0 radical (unpaired) electrons. The van der Waals surface area contributed by atoms with Crippen molar-refractivity contribution < 1.29 is 9.59 Å². The van der Waals surface area contributed by atoms with Crippen LogP contribution in [-0.2, 0) is 10.2 Å². The minimum Gasteiger partial charge on any atom is -0.353 e. The number of rotatable bonds is 6. The van der Waals surface area contributed by atoms with Crippen LogP contribution in [-0.4, -0.2) is 53.9 Å². The van der Waals surface area contributed by atoms with Gasteiger partial charge in [-0.25, -0.2) is 4.98 Å². The molecule has 1 unspecified atom stereocenters. The second-order valence-corrected chi connectivity index (χ2v) is 12.5. The zero-order valence-electron chi connectivity index (χ0n) is 22.2. The fourth-order valence-corrected chi connectivity index (χ4v) is 8.07. The number of amides is 2. The number of carbonyl (C=O) groups excluding carboxylic acids is 2. The Morgan fingerprint density at radius 1 is 0.892 bits per heavy atom. The molecule has 7 rings (SSSR count). The molecule has 2 amide bonds. The number of nitrogens with one attached hydrogen (secondary N) is 1. The predicted octanol–water partition coefficient (Wildman–Crippen LogP) is 4.65. The average molecular weight is 501 g/mol. The van der Waals surface area contributed by atoms with Crippen molar-refractivity contribution in [3.8, 4) is 0 Å². The summed E-state index contributed by atoms with van der Waals surface area (Å²) < 4.78 is 0. The molecule has 5 aliphatic rings. The van der Waals surface area contributed by atoms with Crippen LogP contribution in [0.2, 0.25) is 0 Å². The summed E-state index contributed by atoms with van der Waals surface area (Å²) >= 11 is 0. The van der Waals surface area contributed by atoms with Crippen LogP contribution < -0.4 is 10.2 Å². The molecule has 4 aliphatic carbocycles. The lowest BCUT2D eigenvalue weighted by molar-refractivity contribution is -0.134. The van der Waals surface area contributed by atoms with Crippen LogP contribution in [0.25, 0.3) is 0 Å². The first-order valence-corrected chi connectivity index (χ1v) is 14.3. The molecule has 1 aromatic heterocycles. The van der Waals surface area contributed by atoms with E-state index in [-0.39, 0.29) is 17.7 Å². The Bertz CT molecular complexity index is 1090. The fraction of sp³-hybridized carbons (Fsp3) is 0.581. The van der Waals surface area contributed by atoms with E-state index >= 15 is 0 Å². The van der Waals surface area contributed by atoms with E-state index in [4.69, 9.17) is 0 Å². The van der Waals surface area contributed by atoms with E-state index in [1.807, 2.05) is 49.1 Å². The third-order valence-electron chi connectivity index (χ3n) is 9.58. The summed E-state index contributed by atoms with van der Waals surface area (Å²) in [6.07, 6.45) is 10.1. The van der Waals surface area contributed by atoms with Gasteiger partial charge in [-0.15, -0.1) is 0 Å². The summed E-state index contributed by atoms with van der Waals surface area (Å²) in [6.45, 7) is 6.76. The average Bonchev–Trinajstić information content (AvgIpc) is 2.91. The van der Waals surface area contributed by atoms with Gasteiger partial charge in [0.15, 0.2) is 0 Å². The first kappa shape index (κ1) is 24.4. The normalized spacial score (nSPS) is 29.4. The van der Waals surface area contributed by atoms with Gasteiger partial charge >= 0.3 is 0 Å². The molecule has 5 fully saturated rings.